The molecule has 118 valence electrons. The number of carbonyl (C=O) groups excluding carboxylic acids is 1. The van der Waals surface area contributed by atoms with Crippen molar-refractivity contribution < 1.29 is 9.21 Å². The number of aryl methyl sites for hydroxylation is 1. The smallest absolute Gasteiger partial charge is 0.236 e. The number of oxazole rings is 1. The number of hydrogen-bond donors (Lipinski definition) is 1. The maximum atomic E-state index is 12.2. The third-order valence-electron chi connectivity index (χ3n) is 4.25. The van der Waals surface area contributed by atoms with Crippen LogP contribution in [0.1, 0.15) is 44.1 Å². The van der Waals surface area contributed by atoms with Gasteiger partial charge in [0.15, 0.2) is 0 Å². The largest absolute Gasteiger partial charge is 0.440 e. The Bertz CT molecular complexity index is 633. The minimum Gasteiger partial charge on any atom is -0.440 e. The second-order valence-electron chi connectivity index (χ2n) is 6.21. The lowest BCUT2D eigenvalue weighted by Crippen LogP contribution is -2.38. The highest BCUT2D eigenvalue weighted by Gasteiger charge is 2.22. The third kappa shape index (κ3) is 3.58. The van der Waals surface area contributed by atoms with Gasteiger partial charge in [0.1, 0.15) is 5.76 Å². The highest BCUT2D eigenvalue weighted by Crippen LogP contribution is 2.26. The molecular formula is C17H22N2O2S. The predicted octanol–water partition coefficient (Wildman–Crippen LogP) is 3.95. The minimum absolute atomic E-state index is 0.0493. The lowest BCUT2D eigenvalue weighted by molar-refractivity contribution is -0.121. The van der Waals surface area contributed by atoms with Crippen LogP contribution in [-0.2, 0) is 11.2 Å². The zero-order valence-electron chi connectivity index (χ0n) is 13.1. The van der Waals surface area contributed by atoms with Gasteiger partial charge in [-0.05, 0) is 37.1 Å². The van der Waals surface area contributed by atoms with Crippen LogP contribution in [0.2, 0.25) is 0 Å². The Morgan fingerprint density at radius 1 is 1.50 bits per heavy atom. The molecule has 2 unspecified atom stereocenters. The molecule has 0 radical (unpaired) electrons. The van der Waals surface area contributed by atoms with Gasteiger partial charge in [0.2, 0.25) is 11.8 Å². The molecule has 1 saturated carbocycles. The summed E-state index contributed by atoms with van der Waals surface area (Å²) in [6.07, 6.45) is 4.96. The Morgan fingerprint density at radius 2 is 2.36 bits per heavy atom. The van der Waals surface area contributed by atoms with Gasteiger partial charge in [-0.2, -0.15) is 0 Å². The van der Waals surface area contributed by atoms with E-state index in [2.05, 4.69) is 17.2 Å². The van der Waals surface area contributed by atoms with E-state index in [-0.39, 0.29) is 5.91 Å². The zero-order chi connectivity index (χ0) is 15.5. The van der Waals surface area contributed by atoms with E-state index >= 15 is 0 Å². The van der Waals surface area contributed by atoms with Gasteiger partial charge in [0.25, 0.3) is 0 Å². The molecule has 0 spiro atoms. The monoisotopic (exact) mass is 318 g/mol. The van der Waals surface area contributed by atoms with Crippen molar-refractivity contribution in [3.63, 3.8) is 0 Å². The fourth-order valence-corrected chi connectivity index (χ4v) is 3.74. The van der Waals surface area contributed by atoms with Crippen LogP contribution in [0.15, 0.2) is 21.9 Å². The molecule has 1 amide bonds. The summed E-state index contributed by atoms with van der Waals surface area (Å²) in [7, 11) is 0. The van der Waals surface area contributed by atoms with Crippen LogP contribution in [0.5, 0.6) is 0 Å². The Kier molecular flexibility index (Phi) is 4.62. The highest BCUT2D eigenvalue weighted by atomic mass is 32.1. The Morgan fingerprint density at radius 3 is 3.09 bits per heavy atom. The summed E-state index contributed by atoms with van der Waals surface area (Å²) in [5.74, 6) is 2.10. The summed E-state index contributed by atoms with van der Waals surface area (Å²) in [6.45, 7) is 4.13. The minimum atomic E-state index is 0.0493. The molecule has 0 aliphatic heterocycles. The molecule has 1 aliphatic carbocycles. The lowest BCUT2D eigenvalue weighted by atomic mass is 9.87. The van der Waals surface area contributed by atoms with E-state index in [1.54, 1.807) is 11.3 Å². The van der Waals surface area contributed by atoms with Crippen LogP contribution in [0.4, 0.5) is 0 Å². The van der Waals surface area contributed by atoms with Gasteiger partial charge in [-0.25, -0.2) is 4.98 Å². The molecule has 0 saturated heterocycles. The maximum absolute atomic E-state index is 12.2. The molecule has 1 N–H and O–H groups in total. The van der Waals surface area contributed by atoms with E-state index in [0.717, 1.165) is 29.2 Å². The van der Waals surface area contributed by atoms with Gasteiger partial charge < -0.3 is 9.73 Å². The van der Waals surface area contributed by atoms with Gasteiger partial charge in [-0.3, -0.25) is 4.79 Å². The number of thiophene rings is 1. The first kappa shape index (κ1) is 15.3. The van der Waals surface area contributed by atoms with E-state index in [4.69, 9.17) is 4.42 Å². The van der Waals surface area contributed by atoms with Crippen molar-refractivity contribution in [1.29, 1.82) is 0 Å². The van der Waals surface area contributed by atoms with Crippen LogP contribution in [0, 0.1) is 12.8 Å². The number of nitrogens with one attached hydrogen (secondary N) is 1. The van der Waals surface area contributed by atoms with Crippen molar-refractivity contribution in [3.8, 4) is 10.8 Å². The summed E-state index contributed by atoms with van der Waals surface area (Å²) >= 11 is 1.59. The van der Waals surface area contributed by atoms with E-state index in [1.165, 1.54) is 12.8 Å². The normalized spacial score (nSPS) is 21.7. The molecule has 0 bridgehead atoms. The van der Waals surface area contributed by atoms with Gasteiger partial charge in [0, 0.05) is 6.04 Å². The number of hydrogen-bond acceptors (Lipinski definition) is 4. The summed E-state index contributed by atoms with van der Waals surface area (Å²) in [6, 6.07) is 4.26. The quantitative estimate of drug-likeness (QED) is 0.928. The molecule has 1 aliphatic rings. The Balaban J connectivity index is 1.62. The summed E-state index contributed by atoms with van der Waals surface area (Å²) in [5, 5.41) is 5.14. The average Bonchev–Trinajstić information content (AvgIpc) is 3.09. The van der Waals surface area contributed by atoms with Crippen molar-refractivity contribution >= 4 is 17.2 Å². The predicted molar refractivity (Wildman–Crippen MR) is 87.8 cm³/mol. The van der Waals surface area contributed by atoms with E-state index < -0.39 is 0 Å². The highest BCUT2D eigenvalue weighted by molar-refractivity contribution is 7.13. The molecule has 22 heavy (non-hydrogen) atoms. The Labute approximate surface area is 134 Å². The van der Waals surface area contributed by atoms with Gasteiger partial charge >= 0.3 is 0 Å². The van der Waals surface area contributed by atoms with Crippen molar-refractivity contribution in [3.05, 3.63) is 29.0 Å². The van der Waals surface area contributed by atoms with E-state index in [0.29, 0.717) is 24.3 Å². The van der Waals surface area contributed by atoms with Crippen LogP contribution in [0.25, 0.3) is 10.8 Å². The van der Waals surface area contributed by atoms with Gasteiger partial charge in [0.05, 0.1) is 17.0 Å². The average molecular weight is 318 g/mol. The molecule has 2 aromatic rings. The number of aromatic nitrogens is 1. The van der Waals surface area contributed by atoms with Crippen molar-refractivity contribution in [1.82, 2.24) is 10.3 Å². The van der Waals surface area contributed by atoms with Crippen molar-refractivity contribution in [2.75, 3.05) is 0 Å². The summed E-state index contributed by atoms with van der Waals surface area (Å²) < 4.78 is 5.69. The van der Waals surface area contributed by atoms with Crippen LogP contribution < -0.4 is 5.32 Å². The van der Waals surface area contributed by atoms with Crippen molar-refractivity contribution in [2.24, 2.45) is 5.92 Å². The molecular weight excluding hydrogens is 296 g/mol. The standard InChI is InChI=1S/C17H22N2O2S/c1-11-5-3-6-13(9-11)18-16(20)10-14-12(2)21-17(19-14)15-7-4-8-22-15/h4,7-8,11,13H,3,5-6,9-10H2,1-2H3,(H,18,20). The molecule has 5 heteroatoms. The van der Waals surface area contributed by atoms with Gasteiger partial charge in [-0.15, -0.1) is 11.3 Å². The van der Waals surface area contributed by atoms with E-state index in [1.807, 2.05) is 24.4 Å². The second kappa shape index (κ2) is 6.65. The summed E-state index contributed by atoms with van der Waals surface area (Å²) in [4.78, 5) is 17.7. The molecule has 1 fully saturated rings. The molecule has 0 aromatic carbocycles. The van der Waals surface area contributed by atoms with E-state index in [9.17, 15) is 4.79 Å². The van der Waals surface area contributed by atoms with Crippen LogP contribution >= 0.6 is 11.3 Å². The fraction of sp³-hybridized carbons (Fsp3) is 0.529. The number of amides is 1. The first-order valence-electron chi connectivity index (χ1n) is 7.91. The summed E-state index contributed by atoms with van der Waals surface area (Å²) in [5.41, 5.74) is 0.741. The lowest BCUT2D eigenvalue weighted by Gasteiger charge is -2.27. The molecule has 3 rings (SSSR count). The first-order valence-corrected chi connectivity index (χ1v) is 8.79. The van der Waals surface area contributed by atoms with Crippen LogP contribution in [-0.4, -0.2) is 16.9 Å². The fourth-order valence-electron chi connectivity index (χ4n) is 3.09. The molecule has 2 heterocycles. The number of rotatable bonds is 4. The Hall–Kier alpha value is -1.62. The number of nitrogens with zero attached hydrogens (tertiary/aromatic N) is 1. The molecule has 2 atom stereocenters. The van der Waals surface area contributed by atoms with Gasteiger partial charge in [-0.1, -0.05) is 25.8 Å². The SMILES string of the molecule is Cc1oc(-c2cccs2)nc1CC(=O)NC1CCCC(C)C1. The first-order chi connectivity index (χ1) is 10.6. The second-order valence-corrected chi connectivity index (χ2v) is 7.16. The third-order valence-corrected chi connectivity index (χ3v) is 5.11. The van der Waals surface area contributed by atoms with Crippen LogP contribution in [0.3, 0.4) is 0 Å². The maximum Gasteiger partial charge on any atom is 0.236 e. The number of carbonyl (C=O) groups is 1. The van der Waals surface area contributed by atoms with Crippen molar-refractivity contribution in [2.45, 2.75) is 52.0 Å². The zero-order valence-corrected chi connectivity index (χ0v) is 13.9. The topological polar surface area (TPSA) is 55.1 Å². The molecule has 4 nitrogen and oxygen atoms in total. The molecule has 2 aromatic heterocycles.